The van der Waals surface area contributed by atoms with Crippen LogP contribution in [-0.4, -0.2) is 8.59 Å². The lowest BCUT2D eigenvalue weighted by Gasteiger charge is -1.69. The molecule has 0 aromatic carbocycles. The van der Waals surface area contributed by atoms with Crippen LogP contribution in [0.15, 0.2) is 0 Å². The molecule has 0 aliphatic carbocycles. The van der Waals surface area contributed by atoms with Crippen LogP contribution in [0.25, 0.3) is 0 Å². The molecule has 0 unspecified atom stereocenters. The Balaban J connectivity index is -0.0000000720. The number of alkyl halides is 6. The highest BCUT2D eigenvalue weighted by atomic mass is 35.6. The summed E-state index contributed by atoms with van der Waals surface area (Å²) in [5.41, 5.74) is 0. The smallest absolute Gasteiger partial charge is 0.147 e. The van der Waals surface area contributed by atoms with Gasteiger partial charge < -0.3 is 0 Å². The van der Waals surface area contributed by atoms with E-state index >= 15 is 0 Å². The van der Waals surface area contributed by atoms with E-state index in [1.54, 1.807) is 0 Å². The molecule has 0 amide bonds. The predicted octanol–water partition coefficient (Wildman–Crippen LogP) is 4.39. The fraction of sp³-hybridized carbons (Fsp3) is 1.00. The monoisotopic (exact) mass is 272 g/mol. The summed E-state index contributed by atoms with van der Waals surface area (Å²) in [5.74, 6) is 0. The molecule has 0 aromatic rings. The fourth-order valence-electron chi connectivity index (χ4n) is 0. The second-order valence-electron chi connectivity index (χ2n) is 0.495. The van der Waals surface area contributed by atoms with Crippen molar-refractivity contribution in [1.29, 1.82) is 0 Å². The molecule has 0 atom stereocenters. The Labute approximate surface area is 90.1 Å². The molecule has 0 saturated carbocycles. The van der Waals surface area contributed by atoms with Gasteiger partial charge in [-0.1, -0.05) is 69.6 Å². The number of halogens is 7. The first kappa shape index (κ1) is 17.2. The lowest BCUT2D eigenvalue weighted by atomic mass is 11.9. The first-order chi connectivity index (χ1) is 3.46. The molecule has 0 spiro atoms. The Kier molecular flexibility index (Phi) is 24.3. The van der Waals surface area contributed by atoms with Crippen molar-refractivity contribution in [2.75, 3.05) is 0 Å². The van der Waals surface area contributed by atoms with Gasteiger partial charge in [-0.05, 0) is 0 Å². The van der Waals surface area contributed by atoms with Gasteiger partial charge in [-0.25, -0.2) is 0 Å². The maximum absolute atomic E-state index is 4.81. The van der Waals surface area contributed by atoms with Gasteiger partial charge in [0.15, 0.2) is 8.59 Å². The van der Waals surface area contributed by atoms with E-state index in [0.717, 1.165) is 0 Å². The van der Waals surface area contributed by atoms with E-state index in [2.05, 4.69) is 0 Å². The molecule has 0 nitrogen and oxygen atoms in total. The molecular weight excluding hydrogens is 272 g/mol. The molecule has 0 saturated heterocycles. The maximum atomic E-state index is 4.81. The van der Waals surface area contributed by atoms with Crippen molar-refractivity contribution in [2.24, 2.45) is 0 Å². The van der Waals surface area contributed by atoms with E-state index in [1.807, 2.05) is 0 Å². The van der Waals surface area contributed by atoms with Gasteiger partial charge in [-0.3, -0.25) is 0 Å². The maximum Gasteiger partial charge on any atom is 0.180 e. The van der Waals surface area contributed by atoms with Crippen molar-refractivity contribution in [1.82, 2.24) is 0 Å². The van der Waals surface area contributed by atoms with Crippen molar-refractivity contribution < 1.29 is 0 Å². The molecule has 0 rings (SSSR count). The minimum Gasteiger partial charge on any atom is -0.147 e. The van der Waals surface area contributed by atoms with Crippen LogP contribution in [-0.2, 0) is 0 Å². The Bertz CT molecular complexity index is 22.4. The van der Waals surface area contributed by atoms with Gasteiger partial charge in [0.25, 0.3) is 0 Å². The Morgan fingerprint density at radius 1 is 0.556 bits per heavy atom. The van der Waals surface area contributed by atoms with Crippen LogP contribution < -0.4 is 0 Å². The zero-order valence-electron chi connectivity index (χ0n) is 3.83. The summed E-state index contributed by atoms with van der Waals surface area (Å²) in [6.07, 6.45) is 0. The van der Waals surface area contributed by atoms with Crippen LogP contribution >= 0.6 is 82.0 Å². The molecule has 0 N–H and O–H groups in total. The van der Waals surface area contributed by atoms with Crippen molar-refractivity contribution in [3.05, 3.63) is 0 Å². The zero-order valence-corrected chi connectivity index (χ0v) is 9.18. The molecule has 0 bridgehead atoms. The van der Waals surface area contributed by atoms with Crippen molar-refractivity contribution in [3.8, 4) is 0 Å². The predicted molar refractivity (Wildman–Crippen MR) is 49.9 cm³/mol. The highest BCUT2D eigenvalue weighted by molar-refractivity contribution is 6.63. The highest BCUT2D eigenvalue weighted by Gasteiger charge is 1.79. The standard InChI is InChI=1S/2CHCl3.ClH/c2*2-1(3)4;/h2*1H;1H. The fourth-order valence-corrected chi connectivity index (χ4v) is 0. The largest absolute Gasteiger partial charge is 0.180 e. The van der Waals surface area contributed by atoms with Gasteiger partial charge >= 0.3 is 0 Å². The first-order valence-electron chi connectivity index (χ1n) is 1.31. The third-order valence-corrected chi connectivity index (χ3v) is 0. The lowest BCUT2D eigenvalue weighted by molar-refractivity contribution is 1.96. The molecule has 60 valence electrons. The summed E-state index contributed by atoms with van der Waals surface area (Å²) in [6.45, 7) is 0. The van der Waals surface area contributed by atoms with Crippen molar-refractivity contribution in [2.45, 2.75) is 8.59 Å². The van der Waals surface area contributed by atoms with Gasteiger partial charge in [0.1, 0.15) is 0 Å². The van der Waals surface area contributed by atoms with Crippen LogP contribution in [0, 0.1) is 0 Å². The van der Waals surface area contributed by atoms with E-state index < -0.39 is 8.59 Å². The minimum atomic E-state index is -0.750. The van der Waals surface area contributed by atoms with E-state index in [4.69, 9.17) is 69.6 Å². The third kappa shape index (κ3) is 157. The molecule has 0 aromatic heterocycles. The van der Waals surface area contributed by atoms with E-state index in [-0.39, 0.29) is 12.4 Å². The van der Waals surface area contributed by atoms with E-state index in [0.29, 0.717) is 0 Å². The van der Waals surface area contributed by atoms with Crippen LogP contribution in [0.5, 0.6) is 0 Å². The van der Waals surface area contributed by atoms with Gasteiger partial charge in [0.2, 0.25) is 0 Å². The summed E-state index contributed by atoms with van der Waals surface area (Å²) in [6, 6.07) is 0. The molecular formula is C2H3Cl7. The summed E-state index contributed by atoms with van der Waals surface area (Å²) in [5, 5.41) is 0. The molecule has 0 radical (unpaired) electrons. The van der Waals surface area contributed by atoms with Gasteiger partial charge in [0, 0.05) is 0 Å². The second kappa shape index (κ2) is 12.7. The molecule has 9 heavy (non-hydrogen) atoms. The average Bonchev–Trinajstić information content (AvgIpc) is 1.25. The first-order valence-corrected chi connectivity index (χ1v) is 3.93. The van der Waals surface area contributed by atoms with Crippen LogP contribution in [0.2, 0.25) is 0 Å². The zero-order chi connectivity index (χ0) is 7.15. The quantitative estimate of drug-likeness (QED) is 0.575. The number of rotatable bonds is 0. The summed E-state index contributed by atoms with van der Waals surface area (Å²) in [4.78, 5) is 0. The van der Waals surface area contributed by atoms with Crippen LogP contribution in [0.1, 0.15) is 0 Å². The Morgan fingerprint density at radius 3 is 0.556 bits per heavy atom. The summed E-state index contributed by atoms with van der Waals surface area (Å²) >= 11 is 28.8. The van der Waals surface area contributed by atoms with Crippen LogP contribution in [0.4, 0.5) is 0 Å². The van der Waals surface area contributed by atoms with Gasteiger partial charge in [0.05, 0.1) is 0 Å². The Hall–Kier alpha value is 2.03. The Morgan fingerprint density at radius 2 is 0.556 bits per heavy atom. The molecule has 0 heterocycles. The van der Waals surface area contributed by atoms with Crippen molar-refractivity contribution in [3.63, 3.8) is 0 Å². The molecule has 0 fully saturated rings. The van der Waals surface area contributed by atoms with Crippen LogP contribution in [0.3, 0.4) is 0 Å². The molecule has 0 aliphatic rings. The highest BCUT2D eigenvalue weighted by Crippen LogP contribution is 2.04. The second-order valence-corrected chi connectivity index (χ2v) is 4.45. The summed E-state index contributed by atoms with van der Waals surface area (Å²) in [7, 11) is 0. The SMILES string of the molecule is Cl.ClC(Cl)Cl.ClC(Cl)Cl. The molecule has 0 aliphatic heterocycles. The van der Waals surface area contributed by atoms with E-state index in [1.165, 1.54) is 0 Å². The van der Waals surface area contributed by atoms with E-state index in [9.17, 15) is 0 Å². The number of hydrogen-bond donors (Lipinski definition) is 0. The topological polar surface area (TPSA) is 0 Å². The average molecular weight is 275 g/mol. The van der Waals surface area contributed by atoms with Crippen molar-refractivity contribution >= 4 is 82.0 Å². The summed E-state index contributed by atoms with van der Waals surface area (Å²) < 4.78 is -1.50. The van der Waals surface area contributed by atoms with Gasteiger partial charge in [-0.15, -0.1) is 12.4 Å². The molecule has 7 heteroatoms. The lowest BCUT2D eigenvalue weighted by Crippen LogP contribution is -1.55. The minimum absolute atomic E-state index is 0. The third-order valence-electron chi connectivity index (χ3n) is 0. The normalized spacial score (nSPS) is 8.00. The number of hydrogen-bond acceptors (Lipinski definition) is 0. The van der Waals surface area contributed by atoms with Gasteiger partial charge in [-0.2, -0.15) is 0 Å².